The fourth-order valence-electron chi connectivity index (χ4n) is 3.08. The smallest absolute Gasteiger partial charge is 0.123 e. The van der Waals surface area contributed by atoms with Gasteiger partial charge >= 0.3 is 0 Å². The number of aliphatic hydroxyl groups is 1. The summed E-state index contributed by atoms with van der Waals surface area (Å²) in [6, 6.07) is 14.1. The lowest BCUT2D eigenvalue weighted by Crippen LogP contribution is -2.46. The molecule has 1 atom stereocenters. The van der Waals surface area contributed by atoms with Gasteiger partial charge in [0.2, 0.25) is 0 Å². The molecule has 1 aliphatic rings. The Morgan fingerprint density at radius 2 is 2.08 bits per heavy atom. The Kier molecular flexibility index (Phi) is 5.49. The summed E-state index contributed by atoms with van der Waals surface area (Å²) in [6.07, 6.45) is 0. The predicted molar refractivity (Wildman–Crippen MR) is 93.1 cm³/mol. The number of nitrogens with zero attached hydrogens (tertiary/aromatic N) is 2. The Bertz CT molecular complexity index is 758. The molecule has 0 bridgehead atoms. The van der Waals surface area contributed by atoms with Crippen molar-refractivity contribution in [2.24, 2.45) is 0 Å². The van der Waals surface area contributed by atoms with E-state index in [0.717, 1.165) is 30.9 Å². The molecular weight excluding hydrogens is 321 g/mol. The lowest BCUT2D eigenvalue weighted by Gasteiger charge is -2.38. The molecule has 0 amide bonds. The first-order valence-electron chi connectivity index (χ1n) is 8.23. The van der Waals surface area contributed by atoms with Crippen molar-refractivity contribution < 1.29 is 14.2 Å². The standard InChI is InChI=1S/C19H20FN3O2/c20-16-3-1-14(2-4-16)19-13-22-7-8-23(19)18-6-5-17(25-10-9-24)11-15(18)12-21/h1-6,11,19,22,24H,7-10,13H2/t19-/m0/s1. The minimum Gasteiger partial charge on any atom is -0.491 e. The Hall–Kier alpha value is -2.62. The van der Waals surface area contributed by atoms with Gasteiger partial charge in [-0.3, -0.25) is 0 Å². The van der Waals surface area contributed by atoms with Gasteiger partial charge in [-0.05, 0) is 35.9 Å². The summed E-state index contributed by atoms with van der Waals surface area (Å²) in [7, 11) is 0. The molecule has 25 heavy (non-hydrogen) atoms. The van der Waals surface area contributed by atoms with E-state index in [4.69, 9.17) is 9.84 Å². The first-order valence-corrected chi connectivity index (χ1v) is 8.23. The summed E-state index contributed by atoms with van der Waals surface area (Å²) >= 11 is 0. The molecule has 1 fully saturated rings. The van der Waals surface area contributed by atoms with E-state index in [1.54, 1.807) is 24.3 Å². The summed E-state index contributed by atoms with van der Waals surface area (Å²) in [4.78, 5) is 2.16. The molecule has 1 saturated heterocycles. The fraction of sp³-hybridized carbons (Fsp3) is 0.316. The second-order valence-corrected chi connectivity index (χ2v) is 5.83. The van der Waals surface area contributed by atoms with E-state index in [2.05, 4.69) is 16.3 Å². The monoisotopic (exact) mass is 341 g/mol. The molecule has 5 nitrogen and oxygen atoms in total. The maximum Gasteiger partial charge on any atom is 0.123 e. The van der Waals surface area contributed by atoms with E-state index in [-0.39, 0.29) is 25.1 Å². The van der Waals surface area contributed by atoms with Crippen LogP contribution in [0, 0.1) is 17.1 Å². The summed E-state index contributed by atoms with van der Waals surface area (Å²) in [5.41, 5.74) is 2.34. The number of anilines is 1. The van der Waals surface area contributed by atoms with Crippen LogP contribution in [0.5, 0.6) is 5.75 Å². The van der Waals surface area contributed by atoms with E-state index < -0.39 is 0 Å². The van der Waals surface area contributed by atoms with Crippen molar-refractivity contribution in [2.45, 2.75) is 6.04 Å². The Balaban J connectivity index is 1.92. The van der Waals surface area contributed by atoms with Gasteiger partial charge < -0.3 is 20.1 Å². The van der Waals surface area contributed by atoms with Gasteiger partial charge in [0.25, 0.3) is 0 Å². The lowest BCUT2D eigenvalue weighted by atomic mass is 10.0. The first-order chi connectivity index (χ1) is 12.2. The zero-order valence-electron chi connectivity index (χ0n) is 13.8. The minimum absolute atomic E-state index is 0.0191. The van der Waals surface area contributed by atoms with Gasteiger partial charge in [0, 0.05) is 19.6 Å². The molecule has 1 aliphatic heterocycles. The minimum atomic E-state index is -0.262. The normalized spacial score (nSPS) is 17.2. The molecule has 0 unspecified atom stereocenters. The molecule has 2 aromatic rings. The third-order valence-corrected chi connectivity index (χ3v) is 4.26. The van der Waals surface area contributed by atoms with Crippen molar-refractivity contribution in [1.82, 2.24) is 5.32 Å². The van der Waals surface area contributed by atoms with E-state index in [1.807, 2.05) is 6.07 Å². The van der Waals surface area contributed by atoms with E-state index in [0.29, 0.717) is 11.3 Å². The number of rotatable bonds is 5. The van der Waals surface area contributed by atoms with Crippen molar-refractivity contribution in [2.75, 3.05) is 37.7 Å². The quantitative estimate of drug-likeness (QED) is 0.873. The van der Waals surface area contributed by atoms with Crippen LogP contribution in [0.4, 0.5) is 10.1 Å². The Morgan fingerprint density at radius 3 is 2.80 bits per heavy atom. The maximum atomic E-state index is 13.2. The zero-order valence-corrected chi connectivity index (χ0v) is 13.8. The van der Waals surface area contributed by atoms with Gasteiger partial charge in [-0.2, -0.15) is 5.26 Å². The highest BCUT2D eigenvalue weighted by Crippen LogP contribution is 2.32. The second kappa shape index (κ2) is 7.97. The van der Waals surface area contributed by atoms with Crippen LogP contribution < -0.4 is 15.0 Å². The molecule has 0 saturated carbocycles. The molecule has 6 heteroatoms. The maximum absolute atomic E-state index is 13.2. The number of aliphatic hydroxyl groups excluding tert-OH is 1. The predicted octanol–water partition coefficient (Wildman–Crippen LogP) is 2.22. The van der Waals surface area contributed by atoms with Gasteiger partial charge in [-0.25, -0.2) is 4.39 Å². The molecule has 0 spiro atoms. The first kappa shape index (κ1) is 17.2. The fourth-order valence-corrected chi connectivity index (χ4v) is 3.08. The molecule has 0 aliphatic carbocycles. The zero-order chi connectivity index (χ0) is 17.6. The summed E-state index contributed by atoms with van der Waals surface area (Å²) in [5.74, 6) is 0.296. The molecule has 0 aromatic heterocycles. The van der Waals surface area contributed by atoms with Crippen LogP contribution >= 0.6 is 0 Å². The summed E-state index contributed by atoms with van der Waals surface area (Å²) in [5, 5.41) is 21.8. The lowest BCUT2D eigenvalue weighted by molar-refractivity contribution is 0.201. The highest BCUT2D eigenvalue weighted by molar-refractivity contribution is 5.63. The van der Waals surface area contributed by atoms with Crippen LogP contribution in [0.15, 0.2) is 42.5 Å². The molecule has 3 rings (SSSR count). The van der Waals surface area contributed by atoms with Crippen LogP contribution in [-0.4, -0.2) is 38.0 Å². The van der Waals surface area contributed by atoms with Crippen molar-refractivity contribution in [3.05, 3.63) is 59.4 Å². The van der Waals surface area contributed by atoms with E-state index in [9.17, 15) is 9.65 Å². The van der Waals surface area contributed by atoms with Crippen molar-refractivity contribution in [3.63, 3.8) is 0 Å². The van der Waals surface area contributed by atoms with Crippen LogP contribution in [0.25, 0.3) is 0 Å². The number of benzene rings is 2. The summed E-state index contributed by atoms with van der Waals surface area (Å²) < 4.78 is 18.6. The van der Waals surface area contributed by atoms with Crippen LogP contribution in [-0.2, 0) is 0 Å². The van der Waals surface area contributed by atoms with Gasteiger partial charge in [0.05, 0.1) is 23.9 Å². The number of piperazine rings is 1. The van der Waals surface area contributed by atoms with E-state index >= 15 is 0 Å². The largest absolute Gasteiger partial charge is 0.491 e. The number of hydrogen-bond acceptors (Lipinski definition) is 5. The number of nitriles is 1. The average Bonchev–Trinajstić information content (AvgIpc) is 2.67. The van der Waals surface area contributed by atoms with Crippen LogP contribution in [0.1, 0.15) is 17.2 Å². The average molecular weight is 341 g/mol. The van der Waals surface area contributed by atoms with E-state index in [1.165, 1.54) is 12.1 Å². The van der Waals surface area contributed by atoms with Gasteiger partial charge in [-0.15, -0.1) is 0 Å². The summed E-state index contributed by atoms with van der Waals surface area (Å²) in [6.45, 7) is 2.39. The third-order valence-electron chi connectivity index (χ3n) is 4.26. The van der Waals surface area contributed by atoms with Crippen molar-refractivity contribution >= 4 is 5.69 Å². The molecule has 2 aromatic carbocycles. The molecule has 130 valence electrons. The molecule has 0 radical (unpaired) electrons. The number of ether oxygens (including phenoxy) is 1. The third kappa shape index (κ3) is 3.90. The van der Waals surface area contributed by atoms with Gasteiger partial charge in [0.1, 0.15) is 24.2 Å². The highest BCUT2D eigenvalue weighted by atomic mass is 19.1. The van der Waals surface area contributed by atoms with Gasteiger partial charge in [0.15, 0.2) is 0 Å². The van der Waals surface area contributed by atoms with Crippen LogP contribution in [0.2, 0.25) is 0 Å². The molecular formula is C19H20FN3O2. The number of nitrogens with one attached hydrogen (secondary N) is 1. The topological polar surface area (TPSA) is 68.5 Å². The van der Waals surface area contributed by atoms with Crippen molar-refractivity contribution in [3.8, 4) is 11.8 Å². The SMILES string of the molecule is N#Cc1cc(OCCO)ccc1N1CCNC[C@H]1c1ccc(F)cc1. The van der Waals surface area contributed by atoms with Crippen molar-refractivity contribution in [1.29, 1.82) is 5.26 Å². The molecule has 1 heterocycles. The highest BCUT2D eigenvalue weighted by Gasteiger charge is 2.26. The Labute approximate surface area is 146 Å². The van der Waals surface area contributed by atoms with Crippen LogP contribution in [0.3, 0.4) is 0 Å². The number of hydrogen-bond donors (Lipinski definition) is 2. The second-order valence-electron chi connectivity index (χ2n) is 5.83. The van der Waals surface area contributed by atoms with Gasteiger partial charge in [-0.1, -0.05) is 12.1 Å². The Morgan fingerprint density at radius 1 is 1.28 bits per heavy atom. The number of halogens is 1. The molecule has 2 N–H and O–H groups in total.